The van der Waals surface area contributed by atoms with Crippen LogP contribution in [0.2, 0.25) is 0 Å². The van der Waals surface area contributed by atoms with Crippen LogP contribution in [0.3, 0.4) is 0 Å². The van der Waals surface area contributed by atoms with Gasteiger partial charge in [-0.25, -0.2) is 0 Å². The second-order valence-electron chi connectivity index (χ2n) is 3.95. The Morgan fingerprint density at radius 3 is 2.08 bits per heavy atom. The topological polar surface area (TPSA) is 0 Å². The Balaban J connectivity index is 3.91. The van der Waals surface area contributed by atoms with Gasteiger partial charge in [0.1, 0.15) is 0 Å². The van der Waals surface area contributed by atoms with E-state index in [1.54, 1.807) is 0 Å². The van der Waals surface area contributed by atoms with Gasteiger partial charge in [-0.2, -0.15) is 0 Å². The number of alkyl halides is 1. The van der Waals surface area contributed by atoms with E-state index in [0.717, 1.165) is 23.6 Å². The molecule has 12 heavy (non-hydrogen) atoms. The van der Waals surface area contributed by atoms with Crippen LogP contribution >= 0.6 is 11.6 Å². The summed E-state index contributed by atoms with van der Waals surface area (Å²) in [5.41, 5.74) is 0. The van der Waals surface area contributed by atoms with Gasteiger partial charge in [-0.15, -0.1) is 11.6 Å². The van der Waals surface area contributed by atoms with Gasteiger partial charge in [-0.3, -0.25) is 0 Å². The number of halogens is 1. The second kappa shape index (κ2) is 6.77. The summed E-state index contributed by atoms with van der Waals surface area (Å²) in [6, 6.07) is 0. The van der Waals surface area contributed by atoms with Gasteiger partial charge in [0.2, 0.25) is 0 Å². The lowest BCUT2D eigenvalue weighted by molar-refractivity contribution is 0.262. The highest BCUT2D eigenvalue weighted by molar-refractivity contribution is 6.18. The fraction of sp³-hybridized carbons (Fsp3) is 1.00. The maximum atomic E-state index is 5.94. The van der Waals surface area contributed by atoms with Crippen LogP contribution in [-0.4, -0.2) is 5.88 Å². The Morgan fingerprint density at radius 1 is 1.17 bits per heavy atom. The van der Waals surface area contributed by atoms with Gasteiger partial charge in [0, 0.05) is 5.88 Å². The molecule has 0 amide bonds. The van der Waals surface area contributed by atoms with Crippen LogP contribution in [-0.2, 0) is 0 Å². The molecule has 0 fully saturated rings. The molecule has 0 radical (unpaired) electrons. The Labute approximate surface area is 82.7 Å². The van der Waals surface area contributed by atoms with Crippen molar-refractivity contribution < 1.29 is 0 Å². The van der Waals surface area contributed by atoms with Crippen LogP contribution in [0.1, 0.15) is 47.0 Å². The molecular formula is C11H23Cl. The lowest BCUT2D eigenvalue weighted by atomic mass is 9.81. The third-order valence-electron chi connectivity index (χ3n) is 3.14. The molecule has 74 valence electrons. The molecule has 0 aromatic heterocycles. The molecule has 0 aliphatic carbocycles. The molecule has 0 heterocycles. The van der Waals surface area contributed by atoms with E-state index < -0.39 is 0 Å². The largest absolute Gasteiger partial charge is 0.126 e. The van der Waals surface area contributed by atoms with E-state index in [4.69, 9.17) is 11.6 Å². The van der Waals surface area contributed by atoms with Crippen molar-refractivity contribution in [3.8, 4) is 0 Å². The monoisotopic (exact) mass is 190 g/mol. The van der Waals surface area contributed by atoms with E-state index in [9.17, 15) is 0 Å². The minimum atomic E-state index is 0.728. The fourth-order valence-corrected chi connectivity index (χ4v) is 2.12. The normalized spacial score (nSPS) is 18.8. The Morgan fingerprint density at radius 2 is 1.75 bits per heavy atom. The van der Waals surface area contributed by atoms with Gasteiger partial charge in [-0.1, -0.05) is 40.5 Å². The number of hydrogen-bond acceptors (Lipinski definition) is 0. The zero-order chi connectivity index (χ0) is 9.56. The van der Waals surface area contributed by atoms with Gasteiger partial charge >= 0.3 is 0 Å². The molecule has 0 aromatic rings. The zero-order valence-electron chi connectivity index (χ0n) is 8.94. The molecule has 0 bridgehead atoms. The van der Waals surface area contributed by atoms with Crippen LogP contribution in [0.5, 0.6) is 0 Å². The maximum Gasteiger partial charge on any atom is 0.0254 e. The standard InChI is InChI=1S/C11H23Cl/c1-5-7-11(8-12)10(4)9(3)6-2/h9-11H,5-8H2,1-4H3. The number of rotatable bonds is 6. The summed E-state index contributed by atoms with van der Waals surface area (Å²) in [7, 11) is 0. The van der Waals surface area contributed by atoms with E-state index in [1.165, 1.54) is 19.3 Å². The van der Waals surface area contributed by atoms with Crippen molar-refractivity contribution in [3.05, 3.63) is 0 Å². The Hall–Kier alpha value is 0.290. The predicted octanol–water partition coefficient (Wildman–Crippen LogP) is 4.32. The average Bonchev–Trinajstić information content (AvgIpc) is 2.11. The summed E-state index contributed by atoms with van der Waals surface area (Å²) in [6.45, 7) is 9.18. The van der Waals surface area contributed by atoms with Crippen molar-refractivity contribution in [1.29, 1.82) is 0 Å². The minimum absolute atomic E-state index is 0.728. The van der Waals surface area contributed by atoms with Crippen LogP contribution in [0.15, 0.2) is 0 Å². The highest BCUT2D eigenvalue weighted by atomic mass is 35.5. The average molecular weight is 191 g/mol. The summed E-state index contributed by atoms with van der Waals surface area (Å²) in [5.74, 6) is 3.17. The van der Waals surface area contributed by atoms with Crippen molar-refractivity contribution in [3.63, 3.8) is 0 Å². The van der Waals surface area contributed by atoms with Crippen molar-refractivity contribution in [2.24, 2.45) is 17.8 Å². The van der Waals surface area contributed by atoms with Gasteiger partial charge in [0.05, 0.1) is 0 Å². The van der Waals surface area contributed by atoms with Gasteiger partial charge < -0.3 is 0 Å². The summed E-state index contributed by atoms with van der Waals surface area (Å²) in [5, 5.41) is 0. The molecule has 0 aliphatic heterocycles. The molecule has 0 saturated carbocycles. The van der Waals surface area contributed by atoms with E-state index in [1.807, 2.05) is 0 Å². The number of hydrogen-bond donors (Lipinski definition) is 0. The molecular weight excluding hydrogens is 168 g/mol. The zero-order valence-corrected chi connectivity index (χ0v) is 9.69. The summed E-state index contributed by atoms with van der Waals surface area (Å²) in [6.07, 6.45) is 3.82. The first-order valence-corrected chi connectivity index (χ1v) is 5.76. The fourth-order valence-electron chi connectivity index (χ4n) is 1.69. The minimum Gasteiger partial charge on any atom is -0.126 e. The van der Waals surface area contributed by atoms with E-state index in [2.05, 4.69) is 27.7 Å². The summed E-state index contributed by atoms with van der Waals surface area (Å²) < 4.78 is 0. The Kier molecular flexibility index (Phi) is 6.93. The lowest BCUT2D eigenvalue weighted by Gasteiger charge is -2.26. The molecule has 0 aromatic carbocycles. The third-order valence-corrected chi connectivity index (χ3v) is 3.54. The first-order chi connectivity index (χ1) is 5.67. The van der Waals surface area contributed by atoms with Gasteiger partial charge in [-0.05, 0) is 24.2 Å². The first-order valence-electron chi connectivity index (χ1n) is 5.23. The third kappa shape index (κ3) is 3.80. The summed E-state index contributed by atoms with van der Waals surface area (Å²) in [4.78, 5) is 0. The molecule has 1 heteroatoms. The smallest absolute Gasteiger partial charge is 0.0254 e. The van der Waals surface area contributed by atoms with E-state index in [0.29, 0.717) is 0 Å². The maximum absolute atomic E-state index is 5.94. The van der Waals surface area contributed by atoms with Crippen molar-refractivity contribution in [2.45, 2.75) is 47.0 Å². The molecule has 0 N–H and O–H groups in total. The molecule has 3 unspecified atom stereocenters. The molecule has 0 spiro atoms. The lowest BCUT2D eigenvalue weighted by Crippen LogP contribution is -2.19. The first kappa shape index (κ1) is 12.3. The van der Waals surface area contributed by atoms with E-state index >= 15 is 0 Å². The van der Waals surface area contributed by atoms with Crippen molar-refractivity contribution in [2.75, 3.05) is 5.88 Å². The second-order valence-corrected chi connectivity index (χ2v) is 4.26. The highest BCUT2D eigenvalue weighted by Crippen LogP contribution is 2.27. The van der Waals surface area contributed by atoms with Crippen LogP contribution in [0.4, 0.5) is 0 Å². The Bertz CT molecular complexity index is 101. The molecule has 0 saturated heterocycles. The van der Waals surface area contributed by atoms with Crippen LogP contribution in [0.25, 0.3) is 0 Å². The molecule has 3 atom stereocenters. The van der Waals surface area contributed by atoms with E-state index in [-0.39, 0.29) is 0 Å². The van der Waals surface area contributed by atoms with Gasteiger partial charge in [0.15, 0.2) is 0 Å². The van der Waals surface area contributed by atoms with Crippen molar-refractivity contribution in [1.82, 2.24) is 0 Å². The molecule has 0 nitrogen and oxygen atoms in total. The SMILES string of the molecule is CCCC(CCl)C(C)C(C)CC. The predicted molar refractivity (Wildman–Crippen MR) is 57.7 cm³/mol. The van der Waals surface area contributed by atoms with Crippen LogP contribution in [0, 0.1) is 17.8 Å². The molecule has 0 rings (SSSR count). The van der Waals surface area contributed by atoms with Gasteiger partial charge in [0.25, 0.3) is 0 Å². The summed E-state index contributed by atoms with van der Waals surface area (Å²) >= 11 is 5.94. The van der Waals surface area contributed by atoms with Crippen LogP contribution < -0.4 is 0 Å². The molecule has 0 aliphatic rings. The highest BCUT2D eigenvalue weighted by Gasteiger charge is 2.19. The quantitative estimate of drug-likeness (QED) is 0.548. The van der Waals surface area contributed by atoms with Crippen molar-refractivity contribution >= 4 is 11.6 Å².